The highest BCUT2D eigenvalue weighted by atomic mass is 16.5. The first-order valence-corrected chi connectivity index (χ1v) is 8.39. The van der Waals surface area contributed by atoms with Crippen LogP contribution in [0.5, 0.6) is 5.75 Å². The maximum Gasteiger partial charge on any atom is 0.123 e. The van der Waals surface area contributed by atoms with Gasteiger partial charge in [-0.15, -0.1) is 0 Å². The lowest BCUT2D eigenvalue weighted by atomic mass is 10.1. The van der Waals surface area contributed by atoms with Gasteiger partial charge in [-0.1, -0.05) is 31.0 Å². The summed E-state index contributed by atoms with van der Waals surface area (Å²) < 4.78 is 5.52. The number of para-hydroxylation sites is 1. The van der Waals surface area contributed by atoms with Gasteiger partial charge in [0.15, 0.2) is 0 Å². The van der Waals surface area contributed by atoms with Gasteiger partial charge in [0.05, 0.1) is 18.5 Å². The average molecular weight is 311 g/mol. The van der Waals surface area contributed by atoms with Gasteiger partial charge in [-0.25, -0.2) is 0 Å². The van der Waals surface area contributed by atoms with Gasteiger partial charge in [0.2, 0.25) is 0 Å². The summed E-state index contributed by atoms with van der Waals surface area (Å²) in [6.07, 6.45) is 8.95. The molecule has 23 heavy (non-hydrogen) atoms. The number of ether oxygens (including phenoxy) is 1. The predicted molar refractivity (Wildman–Crippen MR) is 91.3 cm³/mol. The number of aromatic nitrogens is 2. The molecule has 0 amide bonds. The summed E-state index contributed by atoms with van der Waals surface area (Å²) >= 11 is 0. The summed E-state index contributed by atoms with van der Waals surface area (Å²) in [5.74, 6) is 0.963. The maximum atomic E-state index is 5.52. The monoisotopic (exact) mass is 311 g/mol. The zero-order valence-electron chi connectivity index (χ0n) is 14.0. The van der Waals surface area contributed by atoms with Crippen LogP contribution >= 0.6 is 0 Å². The Balaban J connectivity index is 1.79. The van der Waals surface area contributed by atoms with Crippen molar-refractivity contribution in [2.24, 2.45) is 0 Å². The van der Waals surface area contributed by atoms with E-state index in [1.807, 2.05) is 31.5 Å². The lowest BCUT2D eigenvalue weighted by molar-refractivity contribution is 0.176. The maximum absolute atomic E-state index is 5.52. The Morgan fingerprint density at radius 3 is 2.57 bits per heavy atom. The van der Waals surface area contributed by atoms with E-state index in [1.54, 1.807) is 7.11 Å². The topological polar surface area (TPSA) is 38.2 Å². The second kappa shape index (κ2) is 7.55. The quantitative estimate of drug-likeness (QED) is 0.814. The largest absolute Gasteiger partial charge is 0.496 e. The molecule has 1 aromatic carbocycles. The highest BCUT2D eigenvalue weighted by Crippen LogP contribution is 2.28. The van der Waals surface area contributed by atoms with Crippen molar-refractivity contribution < 1.29 is 4.74 Å². The first-order valence-electron chi connectivity index (χ1n) is 8.39. The van der Waals surface area contributed by atoms with Gasteiger partial charge in [-0.05, 0) is 25.8 Å². The van der Waals surface area contributed by atoms with Crippen molar-refractivity contribution in [3.63, 3.8) is 0 Å². The molecule has 1 aliphatic carbocycles. The van der Waals surface area contributed by atoms with Crippen LogP contribution in [0.1, 0.15) is 42.6 Å². The smallest absolute Gasteiger partial charge is 0.123 e. The van der Waals surface area contributed by atoms with E-state index in [0.29, 0.717) is 6.04 Å². The van der Waals surface area contributed by atoms with Gasteiger partial charge < -0.3 is 4.74 Å². The molecule has 122 valence electrons. The van der Waals surface area contributed by atoms with Crippen LogP contribution in [0.25, 0.3) is 0 Å². The third-order valence-electron chi connectivity index (χ3n) is 4.61. The molecule has 2 aromatic rings. The van der Waals surface area contributed by atoms with E-state index in [-0.39, 0.29) is 0 Å². The highest BCUT2D eigenvalue weighted by molar-refractivity contribution is 5.33. The molecule has 1 aromatic heterocycles. The van der Waals surface area contributed by atoms with E-state index >= 15 is 0 Å². The molecule has 0 radical (unpaired) electrons. The summed E-state index contributed by atoms with van der Waals surface area (Å²) in [4.78, 5) is 11.5. The second-order valence-electron chi connectivity index (χ2n) is 6.30. The molecule has 0 aliphatic heterocycles. The van der Waals surface area contributed by atoms with Crippen LogP contribution < -0.4 is 4.74 Å². The predicted octanol–water partition coefficient (Wildman–Crippen LogP) is 3.74. The van der Waals surface area contributed by atoms with E-state index in [1.165, 1.54) is 31.2 Å². The summed E-state index contributed by atoms with van der Waals surface area (Å²) in [5.41, 5.74) is 3.24. The van der Waals surface area contributed by atoms with Gasteiger partial charge in [-0.2, -0.15) is 0 Å². The van der Waals surface area contributed by atoms with Gasteiger partial charge in [0, 0.05) is 37.1 Å². The van der Waals surface area contributed by atoms with Gasteiger partial charge in [-0.3, -0.25) is 14.9 Å². The van der Waals surface area contributed by atoms with E-state index in [9.17, 15) is 0 Å². The first-order chi connectivity index (χ1) is 11.3. The van der Waals surface area contributed by atoms with Crippen molar-refractivity contribution in [3.05, 3.63) is 53.6 Å². The fourth-order valence-electron chi connectivity index (χ4n) is 3.34. The van der Waals surface area contributed by atoms with Crippen LogP contribution in [0.15, 0.2) is 36.7 Å². The third kappa shape index (κ3) is 4.08. The van der Waals surface area contributed by atoms with Gasteiger partial charge in [0.1, 0.15) is 5.75 Å². The zero-order chi connectivity index (χ0) is 16.1. The molecule has 0 atom stereocenters. The molecule has 0 unspecified atom stereocenters. The van der Waals surface area contributed by atoms with Crippen molar-refractivity contribution >= 4 is 0 Å². The number of aryl methyl sites for hydroxylation is 1. The lowest BCUT2D eigenvalue weighted by Crippen LogP contribution is -2.32. The summed E-state index contributed by atoms with van der Waals surface area (Å²) in [6.45, 7) is 3.71. The van der Waals surface area contributed by atoms with Crippen molar-refractivity contribution in [1.82, 2.24) is 14.9 Å². The molecule has 1 fully saturated rings. The molecule has 0 spiro atoms. The van der Waals surface area contributed by atoms with E-state index < -0.39 is 0 Å². The number of benzene rings is 1. The third-order valence-corrected chi connectivity index (χ3v) is 4.61. The van der Waals surface area contributed by atoms with Gasteiger partial charge in [0.25, 0.3) is 0 Å². The average Bonchev–Trinajstić information content (AvgIpc) is 3.11. The van der Waals surface area contributed by atoms with Crippen molar-refractivity contribution in [2.75, 3.05) is 7.11 Å². The summed E-state index contributed by atoms with van der Waals surface area (Å²) in [5, 5.41) is 0. The minimum Gasteiger partial charge on any atom is -0.496 e. The van der Waals surface area contributed by atoms with Crippen LogP contribution in [0, 0.1) is 6.92 Å². The molecule has 0 saturated heterocycles. The molecule has 0 N–H and O–H groups in total. The zero-order valence-corrected chi connectivity index (χ0v) is 14.0. The van der Waals surface area contributed by atoms with Crippen molar-refractivity contribution in [2.45, 2.75) is 51.7 Å². The summed E-state index contributed by atoms with van der Waals surface area (Å²) in [7, 11) is 1.74. The van der Waals surface area contributed by atoms with E-state index in [2.05, 4.69) is 27.0 Å². The summed E-state index contributed by atoms with van der Waals surface area (Å²) in [6, 6.07) is 8.92. The first kappa shape index (κ1) is 15.9. The highest BCUT2D eigenvalue weighted by Gasteiger charge is 2.24. The van der Waals surface area contributed by atoms with E-state index in [4.69, 9.17) is 4.74 Å². The Morgan fingerprint density at radius 1 is 1.09 bits per heavy atom. The second-order valence-corrected chi connectivity index (χ2v) is 6.30. The normalized spacial score (nSPS) is 15.3. The Labute approximate surface area is 138 Å². The van der Waals surface area contributed by atoms with Gasteiger partial charge >= 0.3 is 0 Å². The molecule has 3 rings (SSSR count). The Kier molecular flexibility index (Phi) is 5.23. The lowest BCUT2D eigenvalue weighted by Gasteiger charge is -2.29. The minimum absolute atomic E-state index is 0.628. The number of hydrogen-bond acceptors (Lipinski definition) is 4. The molecule has 4 heteroatoms. The molecule has 0 bridgehead atoms. The Hall–Kier alpha value is -1.94. The number of methoxy groups -OCH3 is 1. The fourth-order valence-corrected chi connectivity index (χ4v) is 3.34. The number of nitrogens with zero attached hydrogens (tertiary/aromatic N) is 3. The van der Waals surface area contributed by atoms with Crippen LogP contribution in [0.2, 0.25) is 0 Å². The van der Waals surface area contributed by atoms with Crippen LogP contribution in [-0.4, -0.2) is 28.0 Å². The SMILES string of the molecule is COc1ccccc1CN(Cc1cnc(C)cn1)C1CCCC1. The van der Waals surface area contributed by atoms with Crippen molar-refractivity contribution in [3.8, 4) is 5.75 Å². The standard InChI is InChI=1S/C19H25N3O/c1-15-11-21-17(12-20-15)14-22(18-8-4-5-9-18)13-16-7-3-6-10-19(16)23-2/h3,6-7,10-12,18H,4-5,8-9,13-14H2,1-2H3. The molecular formula is C19H25N3O. The Morgan fingerprint density at radius 2 is 1.87 bits per heavy atom. The van der Waals surface area contributed by atoms with Crippen LogP contribution in [0.4, 0.5) is 0 Å². The molecule has 1 saturated carbocycles. The molecule has 4 nitrogen and oxygen atoms in total. The Bertz CT molecular complexity index is 621. The van der Waals surface area contributed by atoms with Crippen LogP contribution in [0.3, 0.4) is 0 Å². The van der Waals surface area contributed by atoms with Crippen LogP contribution in [-0.2, 0) is 13.1 Å². The number of rotatable bonds is 6. The molecule has 1 heterocycles. The van der Waals surface area contributed by atoms with Crippen molar-refractivity contribution in [1.29, 1.82) is 0 Å². The molecule has 1 aliphatic rings. The minimum atomic E-state index is 0.628. The van der Waals surface area contributed by atoms with E-state index in [0.717, 1.165) is 30.2 Å². The fraction of sp³-hybridized carbons (Fsp3) is 0.474. The molecular weight excluding hydrogens is 286 g/mol. The number of hydrogen-bond donors (Lipinski definition) is 0.